The zero-order valence-corrected chi connectivity index (χ0v) is 20.2. The molecule has 1 aromatic carbocycles. The van der Waals surface area contributed by atoms with E-state index >= 15 is 0 Å². The number of carboxylic acids is 3. The smallest absolute Gasteiger partial charge is 0.335 e. The molecule has 1 aliphatic heterocycles. The van der Waals surface area contributed by atoms with Crippen molar-refractivity contribution in [3.05, 3.63) is 23.8 Å². The second-order valence-electron chi connectivity index (χ2n) is 8.62. The Morgan fingerprint density at radius 3 is 2.08 bits per heavy atom. The van der Waals surface area contributed by atoms with Crippen LogP contribution in [0, 0.1) is 17.8 Å². The Labute approximate surface area is 211 Å². The lowest BCUT2D eigenvalue weighted by atomic mass is 9.71. The van der Waals surface area contributed by atoms with Gasteiger partial charge >= 0.3 is 23.9 Å². The molecule has 37 heavy (non-hydrogen) atoms. The first-order chi connectivity index (χ1) is 17.4. The number of amides is 1. The van der Waals surface area contributed by atoms with E-state index in [2.05, 4.69) is 5.32 Å². The molecule has 2 rings (SSSR count). The Bertz CT molecular complexity index is 1030. The van der Waals surface area contributed by atoms with E-state index in [-0.39, 0.29) is 11.4 Å². The predicted molar refractivity (Wildman–Crippen MR) is 123 cm³/mol. The van der Waals surface area contributed by atoms with Crippen molar-refractivity contribution in [2.75, 3.05) is 12.4 Å². The van der Waals surface area contributed by atoms with Gasteiger partial charge in [-0.2, -0.15) is 0 Å². The third kappa shape index (κ3) is 7.87. The van der Waals surface area contributed by atoms with Crippen molar-refractivity contribution in [3.8, 4) is 5.75 Å². The highest BCUT2D eigenvalue weighted by molar-refractivity contribution is 5.95. The van der Waals surface area contributed by atoms with Gasteiger partial charge in [0.2, 0.25) is 12.2 Å². The summed E-state index contributed by atoms with van der Waals surface area (Å²) in [6, 6.07) is 3.31. The number of anilines is 1. The highest BCUT2D eigenvalue weighted by Gasteiger charge is 2.51. The van der Waals surface area contributed by atoms with E-state index in [1.54, 1.807) is 0 Å². The summed E-state index contributed by atoms with van der Waals surface area (Å²) in [6.45, 7) is 1.01. The van der Waals surface area contributed by atoms with Gasteiger partial charge < -0.3 is 45.7 Å². The molecule has 0 radical (unpaired) electrons. The number of nitrogens with two attached hydrogens (primary N) is 1. The molecule has 0 aromatic heterocycles. The summed E-state index contributed by atoms with van der Waals surface area (Å²) in [4.78, 5) is 59.7. The molecular formula is C23H30N2O12. The Morgan fingerprint density at radius 2 is 1.57 bits per heavy atom. The Balaban J connectivity index is 2.60. The van der Waals surface area contributed by atoms with Gasteiger partial charge in [0.05, 0.1) is 38.3 Å². The molecule has 204 valence electrons. The summed E-state index contributed by atoms with van der Waals surface area (Å²) in [5.74, 6) is -9.40. The number of aliphatic hydroxyl groups is 1. The monoisotopic (exact) mass is 526 g/mol. The molecule has 14 heteroatoms. The van der Waals surface area contributed by atoms with Crippen molar-refractivity contribution in [2.45, 2.75) is 51.2 Å². The van der Waals surface area contributed by atoms with Crippen LogP contribution in [-0.4, -0.2) is 75.8 Å². The average molecular weight is 526 g/mol. The van der Waals surface area contributed by atoms with Crippen molar-refractivity contribution >= 4 is 35.5 Å². The normalized spacial score (nSPS) is 23.9. The molecule has 1 aliphatic rings. The van der Waals surface area contributed by atoms with Crippen LogP contribution in [0.1, 0.15) is 31.7 Å². The van der Waals surface area contributed by atoms with Crippen LogP contribution in [0.3, 0.4) is 0 Å². The lowest BCUT2D eigenvalue weighted by molar-refractivity contribution is -0.233. The molecular weight excluding hydrogens is 496 g/mol. The number of ether oxygens (including phenoxy) is 3. The van der Waals surface area contributed by atoms with Crippen molar-refractivity contribution < 1.29 is 58.6 Å². The highest BCUT2D eigenvalue weighted by atomic mass is 16.7. The van der Waals surface area contributed by atoms with Gasteiger partial charge in [-0.1, -0.05) is 6.07 Å². The number of benzene rings is 1. The quantitative estimate of drug-likeness (QED) is 0.197. The largest absolute Gasteiger partial charge is 0.481 e. The fourth-order valence-corrected chi connectivity index (χ4v) is 4.20. The number of carbonyl (C=O) groups is 5. The van der Waals surface area contributed by atoms with Gasteiger partial charge in [-0.3, -0.25) is 19.2 Å². The molecule has 1 fully saturated rings. The van der Waals surface area contributed by atoms with E-state index in [1.807, 2.05) is 0 Å². The molecule has 7 N–H and O–H groups in total. The van der Waals surface area contributed by atoms with Gasteiger partial charge in [-0.15, -0.1) is 0 Å². The average Bonchev–Trinajstić information content (AvgIpc) is 2.81. The maximum Gasteiger partial charge on any atom is 0.335 e. The van der Waals surface area contributed by atoms with Gasteiger partial charge in [-0.05, 0) is 30.5 Å². The number of carboxylic acid groups (broad SMARTS) is 3. The van der Waals surface area contributed by atoms with Crippen LogP contribution in [0.25, 0.3) is 0 Å². The summed E-state index contributed by atoms with van der Waals surface area (Å²) in [6.07, 6.45) is -5.24. The lowest BCUT2D eigenvalue weighted by Crippen LogP contribution is -2.54. The maximum absolute atomic E-state index is 12.5. The third-order valence-corrected chi connectivity index (χ3v) is 5.93. The first kappa shape index (κ1) is 29.5. The van der Waals surface area contributed by atoms with Crippen LogP contribution in [0.5, 0.6) is 5.75 Å². The lowest BCUT2D eigenvalue weighted by Gasteiger charge is -2.44. The van der Waals surface area contributed by atoms with Gasteiger partial charge in [0.1, 0.15) is 5.75 Å². The summed E-state index contributed by atoms with van der Waals surface area (Å²) in [5, 5.41) is 40.5. The number of carbonyl (C=O) groups excluding carboxylic acids is 2. The van der Waals surface area contributed by atoms with Crippen LogP contribution in [0.15, 0.2) is 18.2 Å². The number of hydrogen-bond donors (Lipinski definition) is 6. The predicted octanol–water partition coefficient (Wildman–Crippen LogP) is 0.0140. The molecule has 1 saturated heterocycles. The number of aliphatic hydroxyl groups excluding tert-OH is 1. The summed E-state index contributed by atoms with van der Waals surface area (Å²) < 4.78 is 16.4. The molecule has 0 aliphatic carbocycles. The van der Waals surface area contributed by atoms with Gasteiger partial charge in [0.25, 0.3) is 0 Å². The second kappa shape index (κ2) is 13.0. The second-order valence-corrected chi connectivity index (χ2v) is 8.62. The van der Waals surface area contributed by atoms with Gasteiger partial charge in [0, 0.05) is 18.3 Å². The minimum absolute atomic E-state index is 0.0780. The number of rotatable bonds is 12. The number of hydrogen-bond acceptors (Lipinski definition) is 10. The molecule has 1 heterocycles. The summed E-state index contributed by atoms with van der Waals surface area (Å²) >= 11 is 0. The van der Waals surface area contributed by atoms with Crippen molar-refractivity contribution in [1.82, 2.24) is 0 Å². The van der Waals surface area contributed by atoms with Crippen LogP contribution in [0.2, 0.25) is 0 Å². The van der Waals surface area contributed by atoms with E-state index < -0.39 is 91.8 Å². The molecule has 0 spiro atoms. The maximum atomic E-state index is 12.5. The van der Waals surface area contributed by atoms with Crippen LogP contribution >= 0.6 is 0 Å². The fourth-order valence-electron chi connectivity index (χ4n) is 4.20. The Morgan fingerprint density at radius 1 is 1.00 bits per heavy atom. The number of nitrogens with one attached hydrogen (secondary N) is 1. The van der Waals surface area contributed by atoms with Gasteiger partial charge in [-0.25, -0.2) is 4.79 Å². The number of methoxy groups -OCH3 is 1. The number of esters is 1. The summed E-state index contributed by atoms with van der Waals surface area (Å²) in [5.41, 5.74) is 6.02. The van der Waals surface area contributed by atoms with Crippen molar-refractivity contribution in [1.29, 1.82) is 0 Å². The SMILES string of the molecule is COC(=O)[C@H]1O[C@@H](Oc2cc(CO)ccc2NC(=O)[C@H](C)N)[C@H](CC(=O)O)[C@@H](CC(=O)O)[C@@H]1CC(=O)O. The summed E-state index contributed by atoms with van der Waals surface area (Å²) in [7, 11) is 1.03. The molecule has 1 amide bonds. The Kier molecular flexibility index (Phi) is 10.3. The fraction of sp³-hybridized carbons (Fsp3) is 0.522. The molecule has 1 aromatic rings. The molecule has 0 saturated carbocycles. The van der Waals surface area contributed by atoms with E-state index in [4.69, 9.17) is 19.9 Å². The van der Waals surface area contributed by atoms with Crippen molar-refractivity contribution in [2.24, 2.45) is 23.5 Å². The highest BCUT2D eigenvalue weighted by Crippen LogP contribution is 2.43. The first-order valence-electron chi connectivity index (χ1n) is 11.2. The minimum Gasteiger partial charge on any atom is -0.481 e. The van der Waals surface area contributed by atoms with E-state index in [0.29, 0.717) is 5.56 Å². The standard InChI is InChI=1S/C23H30N2O12/c1-10(24)21(33)25-15-4-3-11(9-26)5-16(15)36-23-14(8-19(31)32)12(6-17(27)28)13(7-18(29)30)20(37-23)22(34)35-2/h3-5,10,12-14,20,23,26H,6-9,24H2,1-2H3,(H,25,33)(H,27,28)(H,29,30)(H,31,32)/t10-,12-,13-,14+,20-,23+/m0/s1. The molecule has 14 nitrogen and oxygen atoms in total. The van der Waals surface area contributed by atoms with Gasteiger partial charge in [0.15, 0.2) is 6.10 Å². The molecule has 0 bridgehead atoms. The van der Waals surface area contributed by atoms with E-state index in [9.17, 15) is 44.4 Å². The van der Waals surface area contributed by atoms with Crippen LogP contribution in [-0.2, 0) is 40.1 Å². The Hall–Kier alpha value is -3.75. The molecule has 6 atom stereocenters. The minimum atomic E-state index is -1.59. The van der Waals surface area contributed by atoms with Crippen LogP contribution < -0.4 is 15.8 Å². The topological polar surface area (TPSA) is 232 Å². The zero-order chi connectivity index (χ0) is 27.9. The number of aliphatic carboxylic acids is 3. The third-order valence-electron chi connectivity index (χ3n) is 5.93. The van der Waals surface area contributed by atoms with Crippen LogP contribution in [0.4, 0.5) is 5.69 Å². The van der Waals surface area contributed by atoms with Crippen molar-refractivity contribution in [3.63, 3.8) is 0 Å². The first-order valence-corrected chi connectivity index (χ1v) is 11.2. The van der Waals surface area contributed by atoms with E-state index in [1.165, 1.54) is 25.1 Å². The van der Waals surface area contributed by atoms with E-state index in [0.717, 1.165) is 7.11 Å². The molecule has 0 unspecified atom stereocenters. The zero-order valence-electron chi connectivity index (χ0n) is 20.2.